The molecule has 0 aromatic carbocycles. The lowest BCUT2D eigenvalue weighted by molar-refractivity contribution is -0.114. The fourth-order valence-corrected chi connectivity index (χ4v) is 1.70. The Kier molecular flexibility index (Phi) is 3.64. The topological polar surface area (TPSA) is 55.4 Å². The minimum atomic E-state index is -0.405. The van der Waals surface area contributed by atoms with Gasteiger partial charge in [0.2, 0.25) is 5.91 Å². The SMILES string of the molecule is CCOC(=O)c1cscc1NC(C)=O. The Bertz CT molecular complexity index is 346. The van der Waals surface area contributed by atoms with Gasteiger partial charge in [0.1, 0.15) is 0 Å². The number of hydrogen-bond donors (Lipinski definition) is 1. The molecular formula is C9H11NO3S. The first-order chi connectivity index (χ1) is 6.65. The van der Waals surface area contributed by atoms with Crippen molar-refractivity contribution in [1.82, 2.24) is 0 Å². The van der Waals surface area contributed by atoms with E-state index in [2.05, 4.69) is 5.32 Å². The van der Waals surface area contributed by atoms with Gasteiger partial charge in [0, 0.05) is 17.7 Å². The summed E-state index contributed by atoms with van der Waals surface area (Å²) in [5, 5.41) is 5.92. The van der Waals surface area contributed by atoms with Crippen molar-refractivity contribution in [3.05, 3.63) is 16.3 Å². The molecule has 0 saturated carbocycles. The maximum Gasteiger partial charge on any atom is 0.341 e. The molecule has 0 saturated heterocycles. The Morgan fingerprint density at radius 2 is 2.21 bits per heavy atom. The molecule has 0 unspecified atom stereocenters. The summed E-state index contributed by atoms with van der Waals surface area (Å²) in [6.45, 7) is 3.46. The third-order valence-electron chi connectivity index (χ3n) is 1.47. The van der Waals surface area contributed by atoms with Crippen molar-refractivity contribution in [2.45, 2.75) is 13.8 Å². The Hall–Kier alpha value is -1.36. The summed E-state index contributed by atoms with van der Waals surface area (Å²) in [5.41, 5.74) is 0.924. The Labute approximate surface area is 85.9 Å². The van der Waals surface area contributed by atoms with Gasteiger partial charge in [-0.2, -0.15) is 0 Å². The Balaban J connectivity index is 2.81. The van der Waals surface area contributed by atoms with E-state index in [9.17, 15) is 9.59 Å². The number of nitrogens with one attached hydrogen (secondary N) is 1. The second-order valence-electron chi connectivity index (χ2n) is 2.60. The highest BCUT2D eigenvalue weighted by Gasteiger charge is 2.13. The maximum atomic E-state index is 11.3. The lowest BCUT2D eigenvalue weighted by atomic mass is 10.3. The van der Waals surface area contributed by atoms with Crippen molar-refractivity contribution >= 4 is 28.9 Å². The van der Waals surface area contributed by atoms with Crippen LogP contribution in [0, 0.1) is 0 Å². The van der Waals surface area contributed by atoms with E-state index in [1.807, 2.05) is 0 Å². The maximum absolute atomic E-state index is 11.3. The summed E-state index contributed by atoms with van der Waals surface area (Å²) in [6.07, 6.45) is 0. The Morgan fingerprint density at radius 3 is 2.79 bits per heavy atom. The molecule has 4 nitrogen and oxygen atoms in total. The van der Waals surface area contributed by atoms with Gasteiger partial charge < -0.3 is 10.1 Å². The molecule has 0 spiro atoms. The van der Waals surface area contributed by atoms with Gasteiger partial charge in [-0.15, -0.1) is 11.3 Å². The fourth-order valence-electron chi connectivity index (χ4n) is 0.950. The minimum Gasteiger partial charge on any atom is -0.462 e. The second-order valence-corrected chi connectivity index (χ2v) is 3.34. The molecular weight excluding hydrogens is 202 g/mol. The summed E-state index contributed by atoms with van der Waals surface area (Å²) >= 11 is 1.35. The second kappa shape index (κ2) is 4.76. The van der Waals surface area contributed by atoms with Crippen molar-refractivity contribution in [3.8, 4) is 0 Å². The molecule has 0 fully saturated rings. The van der Waals surface area contributed by atoms with Crippen LogP contribution in [-0.4, -0.2) is 18.5 Å². The van der Waals surface area contributed by atoms with Crippen LogP contribution in [0.3, 0.4) is 0 Å². The van der Waals surface area contributed by atoms with E-state index in [4.69, 9.17) is 4.74 Å². The van der Waals surface area contributed by atoms with E-state index in [-0.39, 0.29) is 5.91 Å². The van der Waals surface area contributed by atoms with Crippen LogP contribution < -0.4 is 5.32 Å². The number of thiophene rings is 1. The zero-order valence-electron chi connectivity index (χ0n) is 7.99. The molecule has 0 radical (unpaired) electrons. The molecule has 1 aromatic rings. The first-order valence-corrected chi connectivity index (χ1v) is 5.10. The van der Waals surface area contributed by atoms with Gasteiger partial charge in [0.15, 0.2) is 0 Å². The number of esters is 1. The average Bonchev–Trinajstić information content (AvgIpc) is 2.51. The molecule has 1 rings (SSSR count). The van der Waals surface area contributed by atoms with Crippen molar-refractivity contribution in [2.75, 3.05) is 11.9 Å². The molecule has 14 heavy (non-hydrogen) atoms. The Morgan fingerprint density at radius 1 is 1.50 bits per heavy atom. The summed E-state index contributed by atoms with van der Waals surface area (Å²) in [7, 11) is 0. The number of carbonyl (C=O) groups excluding carboxylic acids is 2. The van der Waals surface area contributed by atoms with E-state index < -0.39 is 5.97 Å². The van der Waals surface area contributed by atoms with Crippen LogP contribution in [0.2, 0.25) is 0 Å². The zero-order chi connectivity index (χ0) is 10.6. The van der Waals surface area contributed by atoms with Crippen LogP contribution in [0.1, 0.15) is 24.2 Å². The number of hydrogen-bond acceptors (Lipinski definition) is 4. The van der Waals surface area contributed by atoms with Crippen molar-refractivity contribution in [2.24, 2.45) is 0 Å². The van der Waals surface area contributed by atoms with Gasteiger partial charge in [-0.1, -0.05) is 0 Å². The first kappa shape index (κ1) is 10.7. The van der Waals surface area contributed by atoms with Gasteiger partial charge >= 0.3 is 5.97 Å². The number of carbonyl (C=O) groups is 2. The van der Waals surface area contributed by atoms with Crippen LogP contribution in [0.4, 0.5) is 5.69 Å². The van der Waals surface area contributed by atoms with Crippen molar-refractivity contribution < 1.29 is 14.3 Å². The van der Waals surface area contributed by atoms with Crippen LogP contribution in [0.15, 0.2) is 10.8 Å². The number of anilines is 1. The van der Waals surface area contributed by atoms with Crippen LogP contribution in [0.5, 0.6) is 0 Å². The lowest BCUT2D eigenvalue weighted by Crippen LogP contribution is -2.10. The summed E-state index contributed by atoms with van der Waals surface area (Å²) in [6, 6.07) is 0. The van der Waals surface area contributed by atoms with Gasteiger partial charge in [-0.05, 0) is 6.92 Å². The molecule has 1 N–H and O–H groups in total. The molecule has 0 aliphatic carbocycles. The smallest absolute Gasteiger partial charge is 0.341 e. The predicted molar refractivity (Wildman–Crippen MR) is 54.6 cm³/mol. The zero-order valence-corrected chi connectivity index (χ0v) is 8.81. The third kappa shape index (κ3) is 2.56. The lowest BCUT2D eigenvalue weighted by Gasteiger charge is -2.03. The number of amides is 1. The van der Waals surface area contributed by atoms with Gasteiger partial charge in [0.05, 0.1) is 17.9 Å². The van der Waals surface area contributed by atoms with Crippen LogP contribution >= 0.6 is 11.3 Å². The molecule has 1 heterocycles. The molecule has 0 atom stereocenters. The van der Waals surface area contributed by atoms with Crippen molar-refractivity contribution in [1.29, 1.82) is 0 Å². The largest absolute Gasteiger partial charge is 0.462 e. The molecule has 76 valence electrons. The van der Waals surface area contributed by atoms with E-state index in [1.165, 1.54) is 18.3 Å². The molecule has 1 amide bonds. The first-order valence-electron chi connectivity index (χ1n) is 4.16. The minimum absolute atomic E-state index is 0.200. The standard InChI is InChI=1S/C9H11NO3S/c1-3-13-9(12)7-4-14-5-8(7)10-6(2)11/h4-5H,3H2,1-2H3,(H,10,11). The van der Waals surface area contributed by atoms with Gasteiger partial charge in [-0.3, -0.25) is 4.79 Å². The molecule has 0 bridgehead atoms. The van der Waals surface area contributed by atoms with Crippen LogP contribution in [-0.2, 0) is 9.53 Å². The van der Waals surface area contributed by atoms with Crippen LogP contribution in [0.25, 0.3) is 0 Å². The molecule has 0 aliphatic rings. The third-order valence-corrected chi connectivity index (χ3v) is 2.21. The average molecular weight is 213 g/mol. The number of rotatable bonds is 3. The molecule has 1 aromatic heterocycles. The quantitative estimate of drug-likeness (QED) is 0.780. The fraction of sp³-hybridized carbons (Fsp3) is 0.333. The highest BCUT2D eigenvalue weighted by molar-refractivity contribution is 7.08. The highest BCUT2D eigenvalue weighted by atomic mass is 32.1. The summed E-state index contributed by atoms with van der Waals surface area (Å²) in [4.78, 5) is 22.1. The highest BCUT2D eigenvalue weighted by Crippen LogP contribution is 2.21. The predicted octanol–water partition coefficient (Wildman–Crippen LogP) is 1.88. The van der Waals surface area contributed by atoms with E-state index in [0.29, 0.717) is 17.9 Å². The summed E-state index contributed by atoms with van der Waals surface area (Å²) < 4.78 is 4.82. The molecule has 0 aliphatic heterocycles. The van der Waals surface area contributed by atoms with Gasteiger partial charge in [0.25, 0.3) is 0 Å². The number of ether oxygens (including phenoxy) is 1. The summed E-state index contributed by atoms with van der Waals surface area (Å²) in [5.74, 6) is -0.605. The molecule has 5 heteroatoms. The van der Waals surface area contributed by atoms with Gasteiger partial charge in [-0.25, -0.2) is 4.79 Å². The van der Waals surface area contributed by atoms with E-state index in [0.717, 1.165) is 0 Å². The normalized spacial score (nSPS) is 9.57. The van der Waals surface area contributed by atoms with Crippen molar-refractivity contribution in [3.63, 3.8) is 0 Å². The van der Waals surface area contributed by atoms with E-state index >= 15 is 0 Å². The monoisotopic (exact) mass is 213 g/mol. The van der Waals surface area contributed by atoms with E-state index in [1.54, 1.807) is 17.7 Å².